The van der Waals surface area contributed by atoms with Crippen LogP contribution in [0.1, 0.15) is 69.8 Å². The molecule has 1 aliphatic rings. The van der Waals surface area contributed by atoms with Crippen LogP contribution in [0.25, 0.3) is 0 Å². The molecule has 34 heavy (non-hydrogen) atoms. The maximum absolute atomic E-state index is 13.3. The summed E-state index contributed by atoms with van der Waals surface area (Å²) in [5.41, 5.74) is 1.98. The Morgan fingerprint density at radius 3 is 2.53 bits per heavy atom. The zero-order valence-electron chi connectivity index (χ0n) is 19.2. The molecule has 1 atom stereocenters. The predicted octanol–water partition coefficient (Wildman–Crippen LogP) is 5.13. The molecule has 0 bridgehead atoms. The summed E-state index contributed by atoms with van der Waals surface area (Å²) in [7, 11) is 0. The van der Waals surface area contributed by atoms with Crippen LogP contribution in [-0.2, 0) is 9.53 Å². The summed E-state index contributed by atoms with van der Waals surface area (Å²) in [6.07, 6.45) is 1.35. The number of hydrogen-bond acceptors (Lipinski definition) is 8. The standard InChI is InChI=1S/C25H24N2O6S/c1-5-32-24(31)22-14(4)26-25(34-22)27-19(16-10-8-15(9-11-16)13(2)3)18(21(29)23(27)30)20(28)17-7-6-12-33-17/h6-13,19,29H,5H2,1-4H3/t19-/m0/s1. The van der Waals surface area contributed by atoms with Crippen molar-refractivity contribution in [2.75, 3.05) is 11.5 Å². The maximum atomic E-state index is 13.3. The third-order valence-corrected chi connectivity index (χ3v) is 6.71. The first kappa shape index (κ1) is 23.4. The number of aliphatic hydroxyl groups excluding tert-OH is 1. The lowest BCUT2D eigenvalue weighted by Crippen LogP contribution is -2.31. The maximum Gasteiger partial charge on any atom is 0.350 e. The molecule has 0 saturated heterocycles. The van der Waals surface area contributed by atoms with E-state index >= 15 is 0 Å². The van der Waals surface area contributed by atoms with Gasteiger partial charge in [-0.1, -0.05) is 49.4 Å². The van der Waals surface area contributed by atoms with Crippen LogP contribution in [-0.4, -0.2) is 34.4 Å². The molecule has 0 radical (unpaired) electrons. The van der Waals surface area contributed by atoms with Gasteiger partial charge in [-0.2, -0.15) is 0 Å². The number of anilines is 1. The summed E-state index contributed by atoms with van der Waals surface area (Å²) in [5.74, 6) is -2.31. The molecular formula is C25H24N2O6S. The van der Waals surface area contributed by atoms with Crippen molar-refractivity contribution >= 4 is 34.1 Å². The number of carbonyl (C=O) groups is 3. The highest BCUT2D eigenvalue weighted by Gasteiger charge is 2.46. The molecule has 0 saturated carbocycles. The molecule has 3 heterocycles. The fourth-order valence-electron chi connectivity index (χ4n) is 3.82. The van der Waals surface area contributed by atoms with E-state index in [9.17, 15) is 19.5 Å². The average molecular weight is 481 g/mol. The Morgan fingerprint density at radius 2 is 1.94 bits per heavy atom. The summed E-state index contributed by atoms with van der Waals surface area (Å²) in [6, 6.07) is 9.56. The topological polar surface area (TPSA) is 110 Å². The van der Waals surface area contributed by atoms with E-state index in [1.807, 2.05) is 24.3 Å². The van der Waals surface area contributed by atoms with Crippen LogP contribution in [0.4, 0.5) is 5.13 Å². The highest BCUT2D eigenvalue weighted by Crippen LogP contribution is 2.44. The van der Waals surface area contributed by atoms with E-state index in [0.29, 0.717) is 11.3 Å². The molecule has 2 aromatic heterocycles. The van der Waals surface area contributed by atoms with Crippen molar-refractivity contribution in [3.63, 3.8) is 0 Å². The largest absolute Gasteiger partial charge is 0.503 e. The number of nitrogens with zero attached hydrogens (tertiary/aromatic N) is 2. The molecule has 1 aromatic carbocycles. The van der Waals surface area contributed by atoms with Gasteiger partial charge in [-0.3, -0.25) is 14.5 Å². The van der Waals surface area contributed by atoms with Crippen LogP contribution in [0, 0.1) is 6.92 Å². The number of Topliss-reactive ketones (excluding diaryl/α,β-unsaturated/α-hetero) is 1. The van der Waals surface area contributed by atoms with Crippen LogP contribution in [0.5, 0.6) is 0 Å². The number of amides is 1. The molecule has 0 spiro atoms. The second-order valence-corrected chi connectivity index (χ2v) is 9.08. The molecule has 0 unspecified atom stereocenters. The summed E-state index contributed by atoms with van der Waals surface area (Å²) in [5, 5.41) is 11.0. The average Bonchev–Trinajstić information content (AvgIpc) is 3.53. The number of rotatable bonds is 7. The minimum Gasteiger partial charge on any atom is -0.503 e. The van der Waals surface area contributed by atoms with Gasteiger partial charge in [-0.25, -0.2) is 9.78 Å². The van der Waals surface area contributed by atoms with Gasteiger partial charge in [0.25, 0.3) is 5.91 Å². The van der Waals surface area contributed by atoms with Crippen molar-refractivity contribution in [3.05, 3.63) is 81.5 Å². The lowest BCUT2D eigenvalue weighted by atomic mass is 9.93. The predicted molar refractivity (Wildman–Crippen MR) is 126 cm³/mol. The number of furan rings is 1. The molecule has 176 valence electrons. The first-order chi connectivity index (χ1) is 16.2. The lowest BCUT2D eigenvalue weighted by molar-refractivity contribution is -0.117. The van der Waals surface area contributed by atoms with Gasteiger partial charge in [0.05, 0.1) is 30.2 Å². The van der Waals surface area contributed by atoms with Gasteiger partial charge < -0.3 is 14.3 Å². The number of aromatic nitrogens is 1. The van der Waals surface area contributed by atoms with Gasteiger partial charge in [0.1, 0.15) is 4.88 Å². The Hall–Kier alpha value is -3.72. The molecule has 8 nitrogen and oxygen atoms in total. The number of thiazole rings is 1. The van der Waals surface area contributed by atoms with Gasteiger partial charge in [-0.05, 0) is 43.0 Å². The minimum atomic E-state index is -0.952. The van der Waals surface area contributed by atoms with Crippen molar-refractivity contribution in [1.29, 1.82) is 0 Å². The highest BCUT2D eigenvalue weighted by atomic mass is 32.1. The summed E-state index contributed by atoms with van der Waals surface area (Å²) < 4.78 is 10.3. The van der Waals surface area contributed by atoms with Gasteiger partial charge in [0, 0.05) is 0 Å². The Bertz CT molecular complexity index is 1270. The number of benzene rings is 1. The molecule has 9 heteroatoms. The Morgan fingerprint density at radius 1 is 1.24 bits per heavy atom. The molecule has 3 aromatic rings. The number of carbonyl (C=O) groups excluding carboxylic acids is 3. The molecule has 1 amide bonds. The quantitative estimate of drug-likeness (QED) is 0.369. The molecule has 1 aliphatic heterocycles. The van der Waals surface area contributed by atoms with E-state index in [2.05, 4.69) is 18.8 Å². The third kappa shape index (κ3) is 4.03. The van der Waals surface area contributed by atoms with Crippen LogP contribution in [0.15, 0.2) is 58.4 Å². The van der Waals surface area contributed by atoms with Crippen LogP contribution in [0.3, 0.4) is 0 Å². The van der Waals surface area contributed by atoms with Crippen LogP contribution in [0.2, 0.25) is 0 Å². The number of ether oxygens (including phenoxy) is 1. The number of esters is 1. The van der Waals surface area contributed by atoms with E-state index in [-0.39, 0.29) is 33.9 Å². The second kappa shape index (κ2) is 9.26. The fraction of sp³-hybridized carbons (Fsp3) is 0.280. The monoisotopic (exact) mass is 480 g/mol. The lowest BCUT2D eigenvalue weighted by Gasteiger charge is -2.24. The van der Waals surface area contributed by atoms with Crippen molar-refractivity contribution in [2.45, 2.75) is 39.7 Å². The van der Waals surface area contributed by atoms with E-state index in [4.69, 9.17) is 9.15 Å². The smallest absolute Gasteiger partial charge is 0.350 e. The molecule has 4 rings (SSSR count). The molecule has 0 aliphatic carbocycles. The first-order valence-corrected chi connectivity index (χ1v) is 11.7. The first-order valence-electron chi connectivity index (χ1n) is 10.8. The highest BCUT2D eigenvalue weighted by molar-refractivity contribution is 7.17. The van der Waals surface area contributed by atoms with Gasteiger partial charge >= 0.3 is 5.97 Å². The van der Waals surface area contributed by atoms with E-state index in [0.717, 1.165) is 16.9 Å². The van der Waals surface area contributed by atoms with Crippen molar-refractivity contribution in [2.24, 2.45) is 0 Å². The van der Waals surface area contributed by atoms with Gasteiger partial charge in [0.2, 0.25) is 5.78 Å². The van der Waals surface area contributed by atoms with E-state index in [1.165, 1.54) is 17.2 Å². The van der Waals surface area contributed by atoms with Crippen molar-refractivity contribution < 1.29 is 28.6 Å². The normalized spacial score (nSPS) is 16.0. The SMILES string of the molecule is CCOC(=O)c1sc(N2C(=O)C(O)=C(C(=O)c3ccco3)[C@@H]2c2ccc(C(C)C)cc2)nc1C. The Labute approximate surface area is 200 Å². The Balaban J connectivity index is 1.84. The van der Waals surface area contributed by atoms with Crippen LogP contribution >= 0.6 is 11.3 Å². The number of aliphatic hydroxyl groups is 1. The molecule has 0 fully saturated rings. The third-order valence-electron chi connectivity index (χ3n) is 5.57. The Kier molecular flexibility index (Phi) is 6.39. The fourth-order valence-corrected chi connectivity index (χ4v) is 4.81. The summed E-state index contributed by atoms with van der Waals surface area (Å²) >= 11 is 0.975. The zero-order valence-corrected chi connectivity index (χ0v) is 20.0. The zero-order chi connectivity index (χ0) is 24.6. The minimum absolute atomic E-state index is 0.00234. The van der Waals surface area contributed by atoms with Gasteiger partial charge in [0.15, 0.2) is 16.7 Å². The molecule has 1 N–H and O–H groups in total. The number of aryl methyl sites for hydroxylation is 1. The van der Waals surface area contributed by atoms with Crippen molar-refractivity contribution in [3.8, 4) is 0 Å². The van der Waals surface area contributed by atoms with Crippen molar-refractivity contribution in [1.82, 2.24) is 4.98 Å². The number of ketones is 1. The molecular weight excluding hydrogens is 456 g/mol. The van der Waals surface area contributed by atoms with E-state index < -0.39 is 29.5 Å². The number of hydrogen-bond donors (Lipinski definition) is 1. The van der Waals surface area contributed by atoms with Gasteiger partial charge in [-0.15, -0.1) is 0 Å². The summed E-state index contributed by atoms with van der Waals surface area (Å²) in [4.78, 5) is 44.8. The second-order valence-electron chi connectivity index (χ2n) is 8.10. The summed E-state index contributed by atoms with van der Waals surface area (Å²) in [6.45, 7) is 7.66. The van der Waals surface area contributed by atoms with Crippen LogP contribution < -0.4 is 4.90 Å². The van der Waals surface area contributed by atoms with E-state index in [1.54, 1.807) is 19.9 Å².